The molecule has 2 aliphatic carbocycles. The molecule has 1 aromatic heterocycles. The average Bonchev–Trinajstić information content (AvgIpc) is 3.47. The van der Waals surface area contributed by atoms with Crippen molar-refractivity contribution in [3.8, 4) is 0 Å². The molecule has 0 saturated heterocycles. The number of primary amides is 1. The summed E-state index contributed by atoms with van der Waals surface area (Å²) in [4.78, 5) is 24.0. The third-order valence-corrected chi connectivity index (χ3v) is 6.64. The summed E-state index contributed by atoms with van der Waals surface area (Å²) in [7, 11) is 0. The molecule has 2 atom stereocenters. The first kappa shape index (κ1) is 19.9. The summed E-state index contributed by atoms with van der Waals surface area (Å²) in [5, 5.41) is 12.3. The summed E-state index contributed by atoms with van der Waals surface area (Å²) in [6, 6.07) is 8.80. The fourth-order valence-electron chi connectivity index (χ4n) is 3.90. The Kier molecular flexibility index (Phi) is 5.89. The lowest BCUT2D eigenvalue weighted by molar-refractivity contribution is -0.121. The molecule has 2 amide bonds. The Hall–Kier alpha value is -2.35. The molecule has 3 N–H and O–H groups in total. The molecule has 8 heteroatoms. The fourth-order valence-corrected chi connectivity index (χ4v) is 4.84. The second-order valence-corrected chi connectivity index (χ2v) is 9.19. The second-order valence-electron chi connectivity index (χ2n) is 7.88. The summed E-state index contributed by atoms with van der Waals surface area (Å²) in [6.45, 7) is 1.91. The van der Waals surface area contributed by atoms with Gasteiger partial charge in [0.05, 0.1) is 11.3 Å². The number of amides is 2. The van der Waals surface area contributed by atoms with E-state index in [0.29, 0.717) is 12.5 Å². The van der Waals surface area contributed by atoms with Crippen LogP contribution >= 0.6 is 11.8 Å². The number of rotatable bonds is 8. The van der Waals surface area contributed by atoms with Gasteiger partial charge in [0.1, 0.15) is 5.82 Å². The van der Waals surface area contributed by atoms with E-state index in [-0.39, 0.29) is 29.5 Å². The van der Waals surface area contributed by atoms with E-state index < -0.39 is 0 Å². The van der Waals surface area contributed by atoms with Gasteiger partial charge >= 0.3 is 0 Å². The van der Waals surface area contributed by atoms with Crippen LogP contribution < -0.4 is 11.1 Å². The molecule has 7 nitrogen and oxygen atoms in total. The number of aryl methyl sites for hydroxylation is 2. The van der Waals surface area contributed by atoms with Crippen LogP contribution in [0.3, 0.4) is 0 Å². The van der Waals surface area contributed by atoms with Crippen LogP contribution in [0.2, 0.25) is 0 Å². The number of benzene rings is 1. The second kappa shape index (κ2) is 8.57. The van der Waals surface area contributed by atoms with Crippen molar-refractivity contribution in [1.29, 1.82) is 0 Å². The lowest BCUT2D eigenvalue weighted by Gasteiger charge is -2.27. The number of carbonyl (C=O) groups is 2. The third-order valence-electron chi connectivity index (χ3n) is 5.58. The zero-order valence-electron chi connectivity index (χ0n) is 16.6. The minimum Gasteiger partial charge on any atom is -0.370 e. The van der Waals surface area contributed by atoms with E-state index in [4.69, 9.17) is 5.73 Å². The van der Waals surface area contributed by atoms with E-state index in [1.807, 2.05) is 13.0 Å². The topological polar surface area (TPSA) is 103 Å². The Morgan fingerprint density at radius 1 is 1.28 bits per heavy atom. The number of nitrogens with one attached hydrogen (secondary N) is 1. The Morgan fingerprint density at radius 2 is 2.07 bits per heavy atom. The van der Waals surface area contributed by atoms with Gasteiger partial charge in [0.25, 0.3) is 0 Å². The van der Waals surface area contributed by atoms with Crippen molar-refractivity contribution in [2.45, 2.75) is 74.4 Å². The van der Waals surface area contributed by atoms with Crippen LogP contribution in [0.1, 0.15) is 68.1 Å². The van der Waals surface area contributed by atoms with Crippen LogP contribution in [0.4, 0.5) is 0 Å². The van der Waals surface area contributed by atoms with Crippen molar-refractivity contribution in [1.82, 2.24) is 20.1 Å². The van der Waals surface area contributed by atoms with Crippen molar-refractivity contribution >= 4 is 23.6 Å². The van der Waals surface area contributed by atoms with Gasteiger partial charge in [-0.2, -0.15) is 0 Å². The first-order valence-electron chi connectivity index (χ1n) is 10.3. The lowest BCUT2D eigenvalue weighted by Crippen LogP contribution is -2.36. The average molecular weight is 414 g/mol. The van der Waals surface area contributed by atoms with E-state index in [0.717, 1.165) is 43.1 Å². The molecule has 2 aliphatic rings. The monoisotopic (exact) mass is 413 g/mol. The smallest absolute Gasteiger partial charge is 0.233 e. The standard InChI is InChI=1S/C21H27N5O2S/c1-13(20(28)23-17-8-4-6-14-5-2-3-7-16(14)17)29-21-25-24-19(12-11-18(22)27)26(21)15-9-10-15/h2-3,5,7,13,15,17H,4,6,8-12H2,1H3,(H2,22,27)(H,23,28)/t13-,17+/m1/s1. The lowest BCUT2D eigenvalue weighted by atomic mass is 9.88. The number of nitrogens with zero attached hydrogens (tertiary/aromatic N) is 3. The van der Waals surface area contributed by atoms with Gasteiger partial charge in [-0.05, 0) is 50.2 Å². The molecule has 1 heterocycles. The van der Waals surface area contributed by atoms with E-state index >= 15 is 0 Å². The summed E-state index contributed by atoms with van der Waals surface area (Å²) >= 11 is 1.43. The third kappa shape index (κ3) is 4.63. The highest BCUT2D eigenvalue weighted by Gasteiger charge is 2.31. The molecule has 0 bridgehead atoms. The number of carbonyl (C=O) groups excluding carboxylic acids is 2. The van der Waals surface area contributed by atoms with Crippen molar-refractivity contribution < 1.29 is 9.59 Å². The number of hydrogen-bond donors (Lipinski definition) is 2. The molecule has 0 aliphatic heterocycles. The predicted molar refractivity (Wildman–Crippen MR) is 111 cm³/mol. The highest BCUT2D eigenvalue weighted by Crippen LogP contribution is 2.40. The number of hydrogen-bond acceptors (Lipinski definition) is 5. The van der Waals surface area contributed by atoms with Crippen molar-refractivity contribution in [3.63, 3.8) is 0 Å². The summed E-state index contributed by atoms with van der Waals surface area (Å²) in [5.74, 6) is 0.452. The van der Waals surface area contributed by atoms with E-state index in [9.17, 15) is 9.59 Å². The van der Waals surface area contributed by atoms with Crippen LogP contribution in [0.15, 0.2) is 29.4 Å². The zero-order valence-corrected chi connectivity index (χ0v) is 17.5. The maximum absolute atomic E-state index is 12.9. The molecule has 0 radical (unpaired) electrons. The Labute approximate surface area is 174 Å². The van der Waals surface area contributed by atoms with Gasteiger partial charge in [-0.25, -0.2) is 0 Å². The minimum atomic E-state index is -0.343. The van der Waals surface area contributed by atoms with Crippen molar-refractivity contribution in [3.05, 3.63) is 41.2 Å². The van der Waals surface area contributed by atoms with Crippen LogP contribution in [-0.2, 0) is 22.4 Å². The molecule has 4 rings (SSSR count). The molecule has 1 saturated carbocycles. The Bertz CT molecular complexity index is 908. The van der Waals surface area contributed by atoms with Gasteiger partial charge in [0, 0.05) is 18.9 Å². The molecule has 1 aromatic carbocycles. The first-order valence-corrected chi connectivity index (χ1v) is 11.2. The normalized spacial score (nSPS) is 19.4. The first-order chi connectivity index (χ1) is 14.0. The molecular formula is C21H27N5O2S. The van der Waals surface area contributed by atoms with Crippen LogP contribution in [0, 0.1) is 0 Å². The summed E-state index contributed by atoms with van der Waals surface area (Å²) in [6.07, 6.45) is 6.03. The quantitative estimate of drug-likeness (QED) is 0.648. The van der Waals surface area contributed by atoms with Gasteiger partial charge < -0.3 is 15.6 Å². The largest absolute Gasteiger partial charge is 0.370 e. The van der Waals surface area contributed by atoms with E-state index in [2.05, 4.69) is 38.3 Å². The summed E-state index contributed by atoms with van der Waals surface area (Å²) < 4.78 is 2.09. The molecule has 0 unspecified atom stereocenters. The van der Waals surface area contributed by atoms with E-state index in [1.165, 1.54) is 22.9 Å². The molecule has 154 valence electrons. The highest BCUT2D eigenvalue weighted by atomic mass is 32.2. The molecule has 29 heavy (non-hydrogen) atoms. The van der Waals surface area contributed by atoms with Gasteiger partial charge in [0.2, 0.25) is 11.8 Å². The van der Waals surface area contributed by atoms with Gasteiger partial charge in [-0.15, -0.1) is 10.2 Å². The minimum absolute atomic E-state index is 0.0146. The number of thioether (sulfide) groups is 1. The molecule has 2 aromatic rings. The summed E-state index contributed by atoms with van der Waals surface area (Å²) in [5.41, 5.74) is 7.84. The molecule has 1 fully saturated rings. The van der Waals surface area contributed by atoms with E-state index in [1.54, 1.807) is 0 Å². The van der Waals surface area contributed by atoms with Gasteiger partial charge in [-0.1, -0.05) is 36.0 Å². The number of aromatic nitrogens is 3. The Morgan fingerprint density at radius 3 is 2.83 bits per heavy atom. The maximum Gasteiger partial charge on any atom is 0.233 e. The fraction of sp³-hybridized carbons (Fsp3) is 0.524. The highest BCUT2D eigenvalue weighted by molar-refractivity contribution is 8.00. The van der Waals surface area contributed by atoms with Gasteiger partial charge in [-0.3, -0.25) is 9.59 Å². The molecule has 0 spiro atoms. The van der Waals surface area contributed by atoms with Crippen LogP contribution in [0.25, 0.3) is 0 Å². The van der Waals surface area contributed by atoms with Gasteiger partial charge in [0.15, 0.2) is 5.16 Å². The SMILES string of the molecule is C[C@@H](Sc1nnc(CCC(N)=O)n1C1CC1)C(=O)N[C@H]1CCCc2ccccc21. The van der Waals surface area contributed by atoms with Crippen LogP contribution in [-0.4, -0.2) is 31.8 Å². The maximum atomic E-state index is 12.9. The predicted octanol–water partition coefficient (Wildman–Crippen LogP) is 2.71. The number of nitrogens with two attached hydrogens (primary N) is 1. The number of fused-ring (bicyclic) bond motifs is 1. The van der Waals surface area contributed by atoms with Crippen LogP contribution in [0.5, 0.6) is 0 Å². The molecular weight excluding hydrogens is 386 g/mol. The zero-order chi connectivity index (χ0) is 20.4. The van der Waals surface area contributed by atoms with Crippen molar-refractivity contribution in [2.75, 3.05) is 0 Å². The van der Waals surface area contributed by atoms with Crippen molar-refractivity contribution in [2.24, 2.45) is 5.73 Å². The Balaban J connectivity index is 1.42.